The molecule has 0 aliphatic heterocycles. The first kappa shape index (κ1) is 8.70. The standard InChI is InChI=1S/C8H15O/c1-4-6-8(3)9-7-5-2/h8H,1,5-7H2,2-3H3. The van der Waals surface area contributed by atoms with E-state index < -0.39 is 0 Å². The van der Waals surface area contributed by atoms with E-state index in [1.165, 1.54) is 0 Å². The van der Waals surface area contributed by atoms with Gasteiger partial charge in [0, 0.05) is 6.61 Å². The second-order valence-electron chi connectivity index (χ2n) is 2.14. The lowest BCUT2D eigenvalue weighted by atomic mass is 10.3. The van der Waals surface area contributed by atoms with Crippen molar-refractivity contribution in [2.75, 3.05) is 6.61 Å². The van der Waals surface area contributed by atoms with E-state index in [2.05, 4.69) is 19.6 Å². The Labute approximate surface area is 57.7 Å². The first-order valence-corrected chi connectivity index (χ1v) is 3.42. The van der Waals surface area contributed by atoms with Crippen molar-refractivity contribution in [2.45, 2.75) is 32.8 Å². The topological polar surface area (TPSA) is 9.23 Å². The molecule has 0 rings (SSSR count). The normalized spacial score (nSPS) is 13.1. The van der Waals surface area contributed by atoms with E-state index in [1.54, 1.807) is 0 Å². The van der Waals surface area contributed by atoms with Crippen molar-refractivity contribution in [3.63, 3.8) is 0 Å². The monoisotopic (exact) mass is 127 g/mol. The molecule has 0 aliphatic rings. The van der Waals surface area contributed by atoms with Gasteiger partial charge in [0.05, 0.1) is 6.10 Å². The van der Waals surface area contributed by atoms with Gasteiger partial charge in [-0.05, 0) is 25.8 Å². The van der Waals surface area contributed by atoms with Crippen LogP contribution in [-0.4, -0.2) is 12.7 Å². The first-order valence-electron chi connectivity index (χ1n) is 3.42. The van der Waals surface area contributed by atoms with E-state index in [-0.39, 0.29) is 0 Å². The Morgan fingerprint density at radius 3 is 2.78 bits per heavy atom. The Bertz CT molecular complexity index is 69.0. The summed E-state index contributed by atoms with van der Waals surface area (Å²) in [6.45, 7) is 8.49. The molecule has 0 aromatic rings. The zero-order valence-corrected chi connectivity index (χ0v) is 6.31. The van der Waals surface area contributed by atoms with Crippen LogP contribution in [0.25, 0.3) is 0 Å². The molecule has 1 unspecified atom stereocenters. The maximum Gasteiger partial charge on any atom is 0.0587 e. The van der Waals surface area contributed by atoms with E-state index in [0.717, 1.165) is 19.4 Å². The molecule has 0 N–H and O–H groups in total. The van der Waals surface area contributed by atoms with Crippen molar-refractivity contribution in [3.8, 4) is 0 Å². The van der Waals surface area contributed by atoms with Gasteiger partial charge in [-0.15, -0.1) is 0 Å². The van der Waals surface area contributed by atoms with Crippen molar-refractivity contribution in [1.29, 1.82) is 0 Å². The summed E-state index contributed by atoms with van der Waals surface area (Å²) in [5.74, 6) is 0. The van der Waals surface area contributed by atoms with Gasteiger partial charge in [-0.3, -0.25) is 0 Å². The zero-order chi connectivity index (χ0) is 7.11. The Balaban J connectivity index is 3.04. The quantitative estimate of drug-likeness (QED) is 0.550. The summed E-state index contributed by atoms with van der Waals surface area (Å²) < 4.78 is 5.33. The van der Waals surface area contributed by atoms with E-state index in [9.17, 15) is 0 Å². The third-order valence-electron chi connectivity index (χ3n) is 1.04. The molecule has 1 nitrogen and oxygen atoms in total. The molecule has 0 heterocycles. The summed E-state index contributed by atoms with van der Waals surface area (Å²) in [7, 11) is 0. The fraction of sp³-hybridized carbons (Fsp3) is 0.750. The molecule has 0 spiro atoms. The molecule has 1 atom stereocenters. The second kappa shape index (κ2) is 5.83. The van der Waals surface area contributed by atoms with Crippen LogP contribution in [0, 0.1) is 6.08 Å². The van der Waals surface area contributed by atoms with Gasteiger partial charge in [0.1, 0.15) is 0 Å². The van der Waals surface area contributed by atoms with Crippen LogP contribution in [0.4, 0.5) is 0 Å². The van der Waals surface area contributed by atoms with Crippen LogP contribution < -0.4 is 0 Å². The van der Waals surface area contributed by atoms with Gasteiger partial charge in [-0.2, -0.15) is 0 Å². The minimum absolute atomic E-state index is 0.294. The third-order valence-corrected chi connectivity index (χ3v) is 1.04. The average molecular weight is 127 g/mol. The van der Waals surface area contributed by atoms with E-state index in [0.29, 0.717) is 6.10 Å². The molecule has 9 heavy (non-hydrogen) atoms. The van der Waals surface area contributed by atoms with Crippen molar-refractivity contribution in [3.05, 3.63) is 12.7 Å². The summed E-state index contributed by atoms with van der Waals surface area (Å²) in [4.78, 5) is 0. The molecule has 0 bridgehead atoms. The highest BCUT2D eigenvalue weighted by Gasteiger charge is 1.95. The van der Waals surface area contributed by atoms with Gasteiger partial charge >= 0.3 is 0 Å². The van der Waals surface area contributed by atoms with Crippen molar-refractivity contribution in [2.24, 2.45) is 0 Å². The van der Waals surface area contributed by atoms with Crippen LogP contribution >= 0.6 is 0 Å². The van der Waals surface area contributed by atoms with Crippen molar-refractivity contribution in [1.82, 2.24) is 0 Å². The van der Waals surface area contributed by atoms with Crippen LogP contribution in [0.2, 0.25) is 0 Å². The fourth-order valence-electron chi connectivity index (χ4n) is 0.581. The van der Waals surface area contributed by atoms with Gasteiger partial charge in [-0.25, -0.2) is 0 Å². The number of ether oxygens (including phenoxy) is 1. The molecule has 0 aromatic heterocycles. The highest BCUT2D eigenvalue weighted by atomic mass is 16.5. The first-order chi connectivity index (χ1) is 4.31. The molecule has 0 saturated heterocycles. The maximum absolute atomic E-state index is 5.33. The maximum atomic E-state index is 5.33. The molecule has 0 aliphatic carbocycles. The van der Waals surface area contributed by atoms with Gasteiger partial charge in [0.15, 0.2) is 0 Å². The van der Waals surface area contributed by atoms with Crippen LogP contribution in [0.3, 0.4) is 0 Å². The second-order valence-corrected chi connectivity index (χ2v) is 2.14. The van der Waals surface area contributed by atoms with E-state index in [1.807, 2.05) is 6.92 Å². The van der Waals surface area contributed by atoms with Crippen molar-refractivity contribution >= 4 is 0 Å². The lowest BCUT2D eigenvalue weighted by molar-refractivity contribution is 0.0676. The van der Waals surface area contributed by atoms with Gasteiger partial charge in [0.25, 0.3) is 0 Å². The molecule has 0 fully saturated rings. The van der Waals surface area contributed by atoms with Crippen LogP contribution in [0.5, 0.6) is 0 Å². The summed E-state index contributed by atoms with van der Waals surface area (Å²) in [5, 5.41) is 0. The minimum atomic E-state index is 0.294. The average Bonchev–Trinajstić information content (AvgIpc) is 1.85. The largest absolute Gasteiger partial charge is 0.378 e. The van der Waals surface area contributed by atoms with Gasteiger partial charge in [0.2, 0.25) is 0 Å². The molecule has 53 valence electrons. The van der Waals surface area contributed by atoms with Crippen molar-refractivity contribution < 1.29 is 4.74 Å². The minimum Gasteiger partial charge on any atom is -0.378 e. The fourth-order valence-corrected chi connectivity index (χ4v) is 0.581. The molecule has 1 radical (unpaired) electrons. The SMILES string of the molecule is C=[C]CC(C)OCCC. The molecule has 1 heteroatoms. The summed E-state index contributed by atoms with van der Waals surface area (Å²) in [6.07, 6.45) is 5.01. The lowest BCUT2D eigenvalue weighted by Gasteiger charge is -2.07. The zero-order valence-electron chi connectivity index (χ0n) is 6.31. The smallest absolute Gasteiger partial charge is 0.0587 e. The predicted molar refractivity (Wildman–Crippen MR) is 39.2 cm³/mol. The van der Waals surface area contributed by atoms with E-state index >= 15 is 0 Å². The summed E-state index contributed by atoms with van der Waals surface area (Å²) in [6, 6.07) is 0. The molecule has 0 saturated carbocycles. The van der Waals surface area contributed by atoms with Crippen LogP contribution in [-0.2, 0) is 4.74 Å². The van der Waals surface area contributed by atoms with Crippen LogP contribution in [0.15, 0.2) is 6.58 Å². The predicted octanol–water partition coefficient (Wildman–Crippen LogP) is 2.18. The Hall–Kier alpha value is -0.300. The Morgan fingerprint density at radius 1 is 1.67 bits per heavy atom. The van der Waals surface area contributed by atoms with Gasteiger partial charge < -0.3 is 4.74 Å². The molecular formula is C8H15O. The number of hydrogen-bond acceptors (Lipinski definition) is 1. The molecule has 0 aromatic carbocycles. The Morgan fingerprint density at radius 2 is 2.33 bits per heavy atom. The summed E-state index contributed by atoms with van der Waals surface area (Å²) >= 11 is 0. The van der Waals surface area contributed by atoms with Gasteiger partial charge in [-0.1, -0.05) is 13.5 Å². The van der Waals surface area contributed by atoms with Crippen LogP contribution in [0.1, 0.15) is 26.7 Å². The molecular weight excluding hydrogens is 112 g/mol. The van der Waals surface area contributed by atoms with E-state index in [4.69, 9.17) is 4.74 Å². The highest BCUT2D eigenvalue weighted by Crippen LogP contribution is 1.96. The number of hydrogen-bond donors (Lipinski definition) is 0. The molecule has 0 amide bonds. The Kier molecular flexibility index (Phi) is 5.64. The third kappa shape index (κ3) is 5.57. The number of rotatable bonds is 5. The summed E-state index contributed by atoms with van der Waals surface area (Å²) in [5.41, 5.74) is 0. The lowest BCUT2D eigenvalue weighted by Crippen LogP contribution is -2.06. The highest BCUT2D eigenvalue weighted by molar-refractivity contribution is 4.60.